The van der Waals surface area contributed by atoms with Crippen molar-refractivity contribution in [3.63, 3.8) is 0 Å². The van der Waals surface area contributed by atoms with E-state index in [0.29, 0.717) is 18.0 Å². The molecule has 0 spiro atoms. The zero-order valence-corrected chi connectivity index (χ0v) is 13.0. The Hall–Kier alpha value is -2.82. The van der Waals surface area contributed by atoms with Gasteiger partial charge in [-0.05, 0) is 24.6 Å². The summed E-state index contributed by atoms with van der Waals surface area (Å²) in [7, 11) is 0. The van der Waals surface area contributed by atoms with Gasteiger partial charge in [-0.15, -0.1) is 0 Å². The number of amides is 1. The molecule has 2 aromatic rings. The number of nitrogens with one attached hydrogen (secondary N) is 1. The van der Waals surface area contributed by atoms with Gasteiger partial charge in [0.2, 0.25) is 5.91 Å². The van der Waals surface area contributed by atoms with Crippen molar-refractivity contribution in [2.75, 3.05) is 11.9 Å². The first-order valence-corrected chi connectivity index (χ1v) is 7.39. The van der Waals surface area contributed by atoms with E-state index in [1.165, 1.54) is 0 Å². The number of anilines is 1. The molecule has 0 radical (unpaired) electrons. The van der Waals surface area contributed by atoms with Crippen LogP contribution in [0.5, 0.6) is 5.75 Å². The van der Waals surface area contributed by atoms with E-state index in [1.807, 2.05) is 36.4 Å². The van der Waals surface area contributed by atoms with Gasteiger partial charge in [0.15, 0.2) is 0 Å². The van der Waals surface area contributed by atoms with E-state index in [2.05, 4.69) is 5.32 Å². The Morgan fingerprint density at radius 1 is 1.04 bits per heavy atom. The number of hydrogen-bond donors (Lipinski definition) is 1. The Balaban J connectivity index is 1.89. The average molecular weight is 313 g/mol. The third-order valence-electron chi connectivity index (χ3n) is 2.98. The number of esters is 1. The second-order valence-electron chi connectivity index (χ2n) is 4.83. The molecule has 0 aliphatic carbocycles. The fourth-order valence-electron chi connectivity index (χ4n) is 1.95. The maximum atomic E-state index is 11.7. The Morgan fingerprint density at radius 3 is 2.57 bits per heavy atom. The van der Waals surface area contributed by atoms with E-state index >= 15 is 0 Å². The molecular weight excluding hydrogens is 294 g/mol. The van der Waals surface area contributed by atoms with Gasteiger partial charge < -0.3 is 14.8 Å². The smallest absolute Gasteiger partial charge is 0.315 e. The van der Waals surface area contributed by atoms with Crippen LogP contribution >= 0.6 is 0 Å². The van der Waals surface area contributed by atoms with Crippen molar-refractivity contribution in [2.45, 2.75) is 20.0 Å². The van der Waals surface area contributed by atoms with Crippen LogP contribution in [0.25, 0.3) is 0 Å². The highest BCUT2D eigenvalue weighted by Crippen LogP contribution is 2.18. The van der Waals surface area contributed by atoms with Gasteiger partial charge in [0, 0.05) is 11.8 Å². The second-order valence-corrected chi connectivity index (χ2v) is 4.83. The minimum atomic E-state index is -0.540. The molecule has 0 unspecified atom stereocenters. The van der Waals surface area contributed by atoms with Crippen molar-refractivity contribution in [1.29, 1.82) is 0 Å². The van der Waals surface area contributed by atoms with Crippen LogP contribution in [0.1, 0.15) is 18.9 Å². The molecule has 0 heterocycles. The molecular formula is C18H19NO4. The average Bonchev–Trinajstić information content (AvgIpc) is 2.54. The SMILES string of the molecule is CCOC(=O)CC(=O)Nc1cccc(OCc2ccccc2)c1. The summed E-state index contributed by atoms with van der Waals surface area (Å²) in [6.07, 6.45) is -0.303. The summed E-state index contributed by atoms with van der Waals surface area (Å²) in [6, 6.07) is 16.8. The zero-order valence-electron chi connectivity index (χ0n) is 13.0. The van der Waals surface area contributed by atoms with Crippen molar-refractivity contribution in [3.05, 3.63) is 60.2 Å². The van der Waals surface area contributed by atoms with Crippen LogP contribution in [0.3, 0.4) is 0 Å². The molecule has 0 aromatic heterocycles. The molecule has 0 aliphatic rings. The molecule has 0 saturated heterocycles. The third kappa shape index (κ3) is 5.82. The Kier molecular flexibility index (Phi) is 6.17. The first kappa shape index (κ1) is 16.5. The molecule has 120 valence electrons. The molecule has 0 aliphatic heterocycles. The second kappa shape index (κ2) is 8.58. The molecule has 0 fully saturated rings. The van der Waals surface area contributed by atoms with Gasteiger partial charge in [-0.3, -0.25) is 9.59 Å². The molecule has 5 nitrogen and oxygen atoms in total. The number of carbonyl (C=O) groups is 2. The molecule has 2 aromatic carbocycles. The Bertz CT molecular complexity index is 655. The van der Waals surface area contributed by atoms with E-state index in [4.69, 9.17) is 9.47 Å². The van der Waals surface area contributed by atoms with E-state index in [1.54, 1.807) is 25.1 Å². The van der Waals surface area contributed by atoms with Gasteiger partial charge in [0.25, 0.3) is 0 Å². The molecule has 2 rings (SSSR count). The maximum absolute atomic E-state index is 11.7. The number of benzene rings is 2. The summed E-state index contributed by atoms with van der Waals surface area (Å²) < 4.78 is 10.4. The van der Waals surface area contributed by atoms with Crippen LogP contribution in [-0.2, 0) is 20.9 Å². The van der Waals surface area contributed by atoms with E-state index in [-0.39, 0.29) is 13.0 Å². The number of ether oxygens (including phenoxy) is 2. The van der Waals surface area contributed by atoms with Crippen LogP contribution in [0, 0.1) is 0 Å². The lowest BCUT2D eigenvalue weighted by molar-refractivity contribution is -0.145. The number of carbonyl (C=O) groups excluding carboxylic acids is 2. The summed E-state index contributed by atoms with van der Waals surface area (Å²) in [5, 5.41) is 2.65. The van der Waals surface area contributed by atoms with E-state index in [9.17, 15) is 9.59 Å². The van der Waals surface area contributed by atoms with Gasteiger partial charge >= 0.3 is 5.97 Å². The fourth-order valence-corrected chi connectivity index (χ4v) is 1.95. The topological polar surface area (TPSA) is 64.6 Å². The van der Waals surface area contributed by atoms with Gasteiger partial charge in [-0.25, -0.2) is 0 Å². The lowest BCUT2D eigenvalue weighted by Gasteiger charge is -2.09. The highest BCUT2D eigenvalue weighted by atomic mass is 16.5. The first-order chi connectivity index (χ1) is 11.2. The summed E-state index contributed by atoms with van der Waals surface area (Å²) in [5.41, 5.74) is 1.63. The highest BCUT2D eigenvalue weighted by Gasteiger charge is 2.10. The monoisotopic (exact) mass is 313 g/mol. The van der Waals surface area contributed by atoms with Gasteiger partial charge in [0.05, 0.1) is 6.61 Å². The van der Waals surface area contributed by atoms with Crippen LogP contribution in [0.4, 0.5) is 5.69 Å². The minimum absolute atomic E-state index is 0.259. The molecule has 1 amide bonds. The van der Waals surface area contributed by atoms with E-state index < -0.39 is 11.9 Å². The van der Waals surface area contributed by atoms with E-state index in [0.717, 1.165) is 5.56 Å². The standard InChI is InChI=1S/C18H19NO4/c1-2-22-18(21)12-17(20)19-15-9-6-10-16(11-15)23-13-14-7-4-3-5-8-14/h3-11H,2,12-13H2,1H3,(H,19,20). The predicted octanol–water partition coefficient (Wildman–Crippen LogP) is 3.16. The van der Waals surface area contributed by atoms with Gasteiger partial charge in [-0.1, -0.05) is 36.4 Å². The predicted molar refractivity (Wildman–Crippen MR) is 87.1 cm³/mol. The van der Waals surface area contributed by atoms with Crippen molar-refractivity contribution in [1.82, 2.24) is 0 Å². The normalized spacial score (nSPS) is 9.96. The fraction of sp³-hybridized carbons (Fsp3) is 0.222. The van der Waals surface area contributed by atoms with Gasteiger partial charge in [0.1, 0.15) is 18.8 Å². The summed E-state index contributed by atoms with van der Waals surface area (Å²) in [6.45, 7) is 2.40. The molecule has 5 heteroatoms. The minimum Gasteiger partial charge on any atom is -0.489 e. The van der Waals surface area contributed by atoms with Crippen LogP contribution < -0.4 is 10.1 Å². The zero-order chi connectivity index (χ0) is 16.5. The molecule has 1 N–H and O–H groups in total. The number of rotatable bonds is 7. The highest BCUT2D eigenvalue weighted by molar-refractivity contribution is 6.01. The Labute approximate surface area is 135 Å². The first-order valence-electron chi connectivity index (χ1n) is 7.39. The maximum Gasteiger partial charge on any atom is 0.315 e. The third-order valence-corrected chi connectivity index (χ3v) is 2.98. The molecule has 0 bridgehead atoms. The lowest BCUT2D eigenvalue weighted by Crippen LogP contribution is -2.18. The largest absolute Gasteiger partial charge is 0.489 e. The van der Waals surface area contributed by atoms with Crippen LogP contribution in [0.15, 0.2) is 54.6 Å². The lowest BCUT2D eigenvalue weighted by atomic mass is 10.2. The quantitative estimate of drug-likeness (QED) is 0.630. The summed E-state index contributed by atoms with van der Waals surface area (Å²) >= 11 is 0. The molecule has 0 atom stereocenters. The molecule has 0 saturated carbocycles. The molecule has 23 heavy (non-hydrogen) atoms. The summed E-state index contributed by atoms with van der Waals surface area (Å²) in [5.74, 6) is -0.312. The van der Waals surface area contributed by atoms with Crippen LogP contribution in [0.2, 0.25) is 0 Å². The van der Waals surface area contributed by atoms with Gasteiger partial charge in [-0.2, -0.15) is 0 Å². The Morgan fingerprint density at radius 2 is 1.83 bits per heavy atom. The van der Waals surface area contributed by atoms with Crippen molar-refractivity contribution in [3.8, 4) is 5.75 Å². The van der Waals surface area contributed by atoms with Crippen LogP contribution in [-0.4, -0.2) is 18.5 Å². The van der Waals surface area contributed by atoms with Crippen molar-refractivity contribution >= 4 is 17.6 Å². The number of hydrogen-bond acceptors (Lipinski definition) is 4. The van der Waals surface area contributed by atoms with Crippen molar-refractivity contribution < 1.29 is 19.1 Å². The summed E-state index contributed by atoms with van der Waals surface area (Å²) in [4.78, 5) is 23.0. The van der Waals surface area contributed by atoms with Crippen molar-refractivity contribution in [2.24, 2.45) is 0 Å².